The number of thiophene rings is 1. The van der Waals surface area contributed by atoms with Crippen LogP contribution >= 0.6 is 11.3 Å². The topological polar surface area (TPSA) is 62.7 Å². The van der Waals surface area contributed by atoms with E-state index < -0.39 is 0 Å². The van der Waals surface area contributed by atoms with E-state index >= 15 is 0 Å². The molecule has 1 heterocycles. The number of carbonyl (C=O) groups is 1. The summed E-state index contributed by atoms with van der Waals surface area (Å²) in [6, 6.07) is 11.4. The molecule has 6 heteroatoms. The van der Waals surface area contributed by atoms with Gasteiger partial charge in [-0.25, -0.2) is 5.43 Å². The molecule has 0 atom stereocenters. The van der Waals surface area contributed by atoms with Gasteiger partial charge in [0.1, 0.15) is 5.75 Å². The van der Waals surface area contributed by atoms with Gasteiger partial charge in [0, 0.05) is 10.6 Å². The van der Waals surface area contributed by atoms with Crippen molar-refractivity contribution >= 4 is 28.6 Å². The van der Waals surface area contributed by atoms with E-state index in [4.69, 9.17) is 4.74 Å². The standard InChI is InChI=1S/C16H19N3O2S/c1-11-4-9-15(22-11)12(2)18-19-16(20)10-17-13-5-7-14(21-3)8-6-13/h4-9,17H,10H2,1-3H3,(H,19,20)/b18-12-. The third-order valence-electron chi connectivity index (χ3n) is 2.99. The van der Waals surface area contributed by atoms with Crippen molar-refractivity contribution in [3.05, 3.63) is 46.2 Å². The van der Waals surface area contributed by atoms with Crippen LogP contribution in [0, 0.1) is 6.92 Å². The second-order valence-corrected chi connectivity index (χ2v) is 6.01. The Hall–Kier alpha value is -2.34. The van der Waals surface area contributed by atoms with Gasteiger partial charge in [0.25, 0.3) is 5.91 Å². The first-order chi connectivity index (χ1) is 10.6. The Kier molecular flexibility index (Phi) is 5.55. The van der Waals surface area contributed by atoms with Crippen molar-refractivity contribution in [1.82, 2.24) is 5.43 Å². The van der Waals surface area contributed by atoms with Crippen LogP contribution in [0.1, 0.15) is 16.7 Å². The highest BCUT2D eigenvalue weighted by Gasteiger charge is 2.03. The number of ether oxygens (including phenoxy) is 1. The van der Waals surface area contributed by atoms with Crippen molar-refractivity contribution in [3.63, 3.8) is 0 Å². The number of methoxy groups -OCH3 is 1. The molecular weight excluding hydrogens is 298 g/mol. The summed E-state index contributed by atoms with van der Waals surface area (Å²) in [4.78, 5) is 14.1. The van der Waals surface area contributed by atoms with Crippen LogP contribution in [0.4, 0.5) is 5.69 Å². The van der Waals surface area contributed by atoms with Crippen LogP contribution in [0.3, 0.4) is 0 Å². The number of hydrogen-bond acceptors (Lipinski definition) is 5. The zero-order valence-electron chi connectivity index (χ0n) is 12.8. The van der Waals surface area contributed by atoms with E-state index in [1.807, 2.05) is 50.2 Å². The van der Waals surface area contributed by atoms with Crippen molar-refractivity contribution in [1.29, 1.82) is 0 Å². The van der Waals surface area contributed by atoms with Gasteiger partial charge >= 0.3 is 0 Å². The van der Waals surface area contributed by atoms with E-state index in [1.54, 1.807) is 18.4 Å². The van der Waals surface area contributed by atoms with Gasteiger partial charge in [-0.2, -0.15) is 5.10 Å². The normalized spacial score (nSPS) is 11.1. The Morgan fingerprint density at radius 2 is 1.95 bits per heavy atom. The molecule has 22 heavy (non-hydrogen) atoms. The molecule has 5 nitrogen and oxygen atoms in total. The minimum atomic E-state index is -0.191. The molecule has 2 N–H and O–H groups in total. The molecule has 0 fully saturated rings. The van der Waals surface area contributed by atoms with Gasteiger partial charge in [-0.3, -0.25) is 4.79 Å². The van der Waals surface area contributed by atoms with Crippen LogP contribution in [-0.4, -0.2) is 25.3 Å². The van der Waals surface area contributed by atoms with Crippen molar-refractivity contribution in [2.45, 2.75) is 13.8 Å². The Bertz CT molecular complexity index is 662. The summed E-state index contributed by atoms with van der Waals surface area (Å²) in [5.74, 6) is 0.588. The van der Waals surface area contributed by atoms with Gasteiger partial charge in [0.15, 0.2) is 0 Å². The van der Waals surface area contributed by atoms with E-state index in [0.29, 0.717) is 0 Å². The summed E-state index contributed by atoms with van der Waals surface area (Å²) in [5.41, 5.74) is 4.21. The number of benzene rings is 1. The first-order valence-electron chi connectivity index (χ1n) is 6.86. The Labute approximate surface area is 134 Å². The molecule has 2 aromatic rings. The first-order valence-corrected chi connectivity index (χ1v) is 7.68. The Balaban J connectivity index is 1.82. The number of amides is 1. The second kappa shape index (κ2) is 7.61. The minimum absolute atomic E-state index is 0.159. The van der Waals surface area contributed by atoms with Crippen molar-refractivity contribution in [2.75, 3.05) is 19.0 Å². The number of nitrogens with zero attached hydrogens (tertiary/aromatic N) is 1. The maximum absolute atomic E-state index is 11.8. The molecule has 0 radical (unpaired) electrons. The van der Waals surface area contributed by atoms with Gasteiger partial charge in [0.2, 0.25) is 0 Å². The molecule has 1 amide bonds. The summed E-state index contributed by atoms with van der Waals surface area (Å²) in [5, 5.41) is 7.14. The molecule has 0 aliphatic carbocycles. The predicted molar refractivity (Wildman–Crippen MR) is 90.9 cm³/mol. The van der Waals surface area contributed by atoms with E-state index in [2.05, 4.69) is 15.8 Å². The number of hydrogen-bond donors (Lipinski definition) is 2. The monoisotopic (exact) mass is 317 g/mol. The van der Waals surface area contributed by atoms with Crippen LogP contribution in [0.5, 0.6) is 5.75 Å². The fourth-order valence-electron chi connectivity index (χ4n) is 1.76. The summed E-state index contributed by atoms with van der Waals surface area (Å²) in [7, 11) is 1.62. The Morgan fingerprint density at radius 3 is 2.55 bits per heavy atom. The lowest BCUT2D eigenvalue weighted by Crippen LogP contribution is -2.26. The SMILES string of the molecule is COc1ccc(NCC(=O)N/N=C(/C)c2ccc(C)s2)cc1. The van der Waals surface area contributed by atoms with E-state index in [9.17, 15) is 4.79 Å². The third-order valence-corrected chi connectivity index (χ3v) is 4.10. The summed E-state index contributed by atoms with van der Waals surface area (Å²) in [6.45, 7) is 4.08. The zero-order valence-corrected chi connectivity index (χ0v) is 13.7. The summed E-state index contributed by atoms with van der Waals surface area (Å²) < 4.78 is 5.08. The van der Waals surface area contributed by atoms with Gasteiger partial charge in [-0.05, 0) is 50.2 Å². The first kappa shape index (κ1) is 16.0. The highest BCUT2D eigenvalue weighted by atomic mass is 32.1. The smallest absolute Gasteiger partial charge is 0.259 e. The highest BCUT2D eigenvalue weighted by Crippen LogP contribution is 2.16. The number of carbonyl (C=O) groups excluding carboxylic acids is 1. The molecule has 1 aromatic heterocycles. The molecular formula is C16H19N3O2S. The predicted octanol–water partition coefficient (Wildman–Crippen LogP) is 3.02. The van der Waals surface area contributed by atoms with Gasteiger partial charge in [-0.15, -0.1) is 11.3 Å². The van der Waals surface area contributed by atoms with Crippen LogP contribution in [0.25, 0.3) is 0 Å². The van der Waals surface area contributed by atoms with Crippen LogP contribution in [0.2, 0.25) is 0 Å². The van der Waals surface area contributed by atoms with Gasteiger partial charge in [-0.1, -0.05) is 0 Å². The number of rotatable bonds is 6. The average molecular weight is 317 g/mol. The fourth-order valence-corrected chi connectivity index (χ4v) is 2.57. The Morgan fingerprint density at radius 1 is 1.23 bits per heavy atom. The van der Waals surface area contributed by atoms with E-state index in [-0.39, 0.29) is 12.5 Å². The molecule has 116 valence electrons. The molecule has 0 unspecified atom stereocenters. The van der Waals surface area contributed by atoms with Gasteiger partial charge in [0.05, 0.1) is 24.2 Å². The lowest BCUT2D eigenvalue weighted by molar-refractivity contribution is -0.119. The number of aryl methyl sites for hydroxylation is 1. The van der Waals surface area contributed by atoms with Crippen molar-refractivity contribution < 1.29 is 9.53 Å². The molecule has 0 saturated carbocycles. The van der Waals surface area contributed by atoms with Crippen LogP contribution in [0.15, 0.2) is 41.5 Å². The lowest BCUT2D eigenvalue weighted by atomic mass is 10.3. The minimum Gasteiger partial charge on any atom is -0.497 e. The zero-order chi connectivity index (χ0) is 15.9. The maximum atomic E-state index is 11.8. The van der Waals surface area contributed by atoms with Crippen LogP contribution < -0.4 is 15.5 Å². The third kappa shape index (κ3) is 4.60. The number of hydrazone groups is 1. The number of nitrogens with one attached hydrogen (secondary N) is 2. The van der Waals surface area contributed by atoms with E-state index in [1.165, 1.54) is 4.88 Å². The maximum Gasteiger partial charge on any atom is 0.259 e. The second-order valence-electron chi connectivity index (χ2n) is 4.72. The molecule has 2 rings (SSSR count). The molecule has 1 aromatic carbocycles. The number of anilines is 1. The average Bonchev–Trinajstić information content (AvgIpc) is 2.97. The van der Waals surface area contributed by atoms with Crippen LogP contribution in [-0.2, 0) is 4.79 Å². The highest BCUT2D eigenvalue weighted by molar-refractivity contribution is 7.14. The van der Waals surface area contributed by atoms with Gasteiger partial charge < -0.3 is 10.1 Å². The summed E-state index contributed by atoms with van der Waals surface area (Å²) >= 11 is 1.65. The molecule has 0 aliphatic rings. The van der Waals surface area contributed by atoms with Crippen molar-refractivity contribution in [2.24, 2.45) is 5.10 Å². The fraction of sp³-hybridized carbons (Fsp3) is 0.250. The molecule has 0 bridgehead atoms. The lowest BCUT2D eigenvalue weighted by Gasteiger charge is -2.06. The molecule has 0 spiro atoms. The largest absolute Gasteiger partial charge is 0.497 e. The molecule has 0 saturated heterocycles. The molecule has 0 aliphatic heterocycles. The summed E-state index contributed by atoms with van der Waals surface area (Å²) in [6.07, 6.45) is 0. The van der Waals surface area contributed by atoms with Crippen molar-refractivity contribution in [3.8, 4) is 5.75 Å². The van der Waals surface area contributed by atoms with E-state index in [0.717, 1.165) is 22.0 Å². The quantitative estimate of drug-likeness (QED) is 0.636.